The molecule has 102 valence electrons. The fourth-order valence-electron chi connectivity index (χ4n) is 2.46. The summed E-state index contributed by atoms with van der Waals surface area (Å²) in [6, 6.07) is 0. The predicted octanol–water partition coefficient (Wildman–Crippen LogP) is 0.164. The van der Waals surface area contributed by atoms with Crippen molar-refractivity contribution in [2.24, 2.45) is 0 Å². The number of imidazole rings is 1. The number of aryl methyl sites for hydroxylation is 1. The molecule has 2 aromatic heterocycles. The van der Waals surface area contributed by atoms with Crippen LogP contribution in [-0.2, 0) is 4.74 Å². The molecular formula is C12H16N4O3. The van der Waals surface area contributed by atoms with E-state index in [4.69, 9.17) is 4.74 Å². The van der Waals surface area contributed by atoms with Gasteiger partial charge in [0.15, 0.2) is 5.65 Å². The molecule has 1 aliphatic rings. The Bertz CT molecular complexity index is 598. The van der Waals surface area contributed by atoms with Crippen LogP contribution >= 0.6 is 0 Å². The van der Waals surface area contributed by atoms with Gasteiger partial charge in [-0.1, -0.05) is 0 Å². The Kier molecular flexibility index (Phi) is 2.96. The highest BCUT2D eigenvalue weighted by Gasteiger charge is 2.38. The summed E-state index contributed by atoms with van der Waals surface area (Å²) < 4.78 is 7.46. The van der Waals surface area contributed by atoms with Gasteiger partial charge in [0.1, 0.15) is 24.2 Å². The first-order valence-electron chi connectivity index (χ1n) is 6.23. The number of rotatable bonds is 2. The Morgan fingerprint density at radius 1 is 1.42 bits per heavy atom. The van der Waals surface area contributed by atoms with Crippen LogP contribution in [0.15, 0.2) is 12.7 Å². The Labute approximate surface area is 109 Å². The molecule has 0 aliphatic carbocycles. The van der Waals surface area contributed by atoms with E-state index in [0.29, 0.717) is 12.1 Å². The van der Waals surface area contributed by atoms with Crippen molar-refractivity contribution in [3.8, 4) is 0 Å². The summed E-state index contributed by atoms with van der Waals surface area (Å²) in [6.45, 7) is 3.47. The third-order valence-electron chi connectivity index (χ3n) is 3.46. The number of fused-ring (bicyclic) bond motifs is 1. The van der Waals surface area contributed by atoms with Crippen LogP contribution < -0.4 is 0 Å². The standard InChI is InChI=1S/C12H16N4O3/c1-6-10-12(14-4-13-6)16(5-15-10)9-3-8(18)11(19-9)7(2)17/h4-5,7-9,11,17-18H,3H2,1-2H3/t7-,8-,9+,11+/m0/s1. The van der Waals surface area contributed by atoms with Gasteiger partial charge in [-0.05, 0) is 13.8 Å². The number of ether oxygens (including phenoxy) is 1. The third-order valence-corrected chi connectivity index (χ3v) is 3.46. The van der Waals surface area contributed by atoms with E-state index in [1.807, 2.05) is 6.92 Å². The summed E-state index contributed by atoms with van der Waals surface area (Å²) in [5.41, 5.74) is 2.20. The van der Waals surface area contributed by atoms with Crippen molar-refractivity contribution in [1.29, 1.82) is 0 Å². The van der Waals surface area contributed by atoms with Crippen molar-refractivity contribution in [3.63, 3.8) is 0 Å². The molecule has 0 aromatic carbocycles. The minimum atomic E-state index is -0.717. The molecule has 0 saturated carbocycles. The molecule has 3 rings (SSSR count). The summed E-state index contributed by atoms with van der Waals surface area (Å²) in [5.74, 6) is 0. The summed E-state index contributed by atoms with van der Waals surface area (Å²) in [4.78, 5) is 12.6. The van der Waals surface area contributed by atoms with Gasteiger partial charge < -0.3 is 14.9 Å². The maximum atomic E-state index is 9.90. The number of hydrogen-bond donors (Lipinski definition) is 2. The van der Waals surface area contributed by atoms with Crippen LogP contribution in [0, 0.1) is 6.92 Å². The van der Waals surface area contributed by atoms with Gasteiger partial charge in [-0.3, -0.25) is 4.57 Å². The third kappa shape index (κ3) is 1.99. The quantitative estimate of drug-likeness (QED) is 0.802. The minimum Gasteiger partial charge on any atom is -0.391 e. The number of nitrogens with zero attached hydrogens (tertiary/aromatic N) is 4. The lowest BCUT2D eigenvalue weighted by Gasteiger charge is -2.17. The van der Waals surface area contributed by atoms with Crippen LogP contribution in [-0.4, -0.2) is 48.0 Å². The zero-order chi connectivity index (χ0) is 13.6. The highest BCUT2D eigenvalue weighted by molar-refractivity contribution is 5.72. The van der Waals surface area contributed by atoms with Crippen molar-refractivity contribution in [3.05, 3.63) is 18.3 Å². The fraction of sp³-hybridized carbons (Fsp3) is 0.583. The second kappa shape index (κ2) is 4.52. The van der Waals surface area contributed by atoms with E-state index in [1.54, 1.807) is 17.8 Å². The van der Waals surface area contributed by atoms with Gasteiger partial charge in [-0.25, -0.2) is 15.0 Å². The zero-order valence-corrected chi connectivity index (χ0v) is 10.8. The molecule has 7 nitrogen and oxygen atoms in total. The normalized spacial score (nSPS) is 28.9. The summed E-state index contributed by atoms with van der Waals surface area (Å²) in [6.07, 6.45) is 1.17. The highest BCUT2D eigenvalue weighted by atomic mass is 16.5. The lowest BCUT2D eigenvalue weighted by Crippen LogP contribution is -2.32. The lowest BCUT2D eigenvalue weighted by molar-refractivity contribution is -0.0750. The molecule has 1 saturated heterocycles. The topological polar surface area (TPSA) is 93.3 Å². The summed E-state index contributed by atoms with van der Waals surface area (Å²) in [5, 5.41) is 19.5. The van der Waals surface area contributed by atoms with Gasteiger partial charge in [-0.2, -0.15) is 0 Å². The Balaban J connectivity index is 1.96. The number of aliphatic hydroxyl groups excluding tert-OH is 2. The van der Waals surface area contributed by atoms with Crippen LogP contribution in [0.25, 0.3) is 11.2 Å². The first-order valence-corrected chi connectivity index (χ1v) is 6.23. The largest absolute Gasteiger partial charge is 0.391 e. The van der Waals surface area contributed by atoms with E-state index in [9.17, 15) is 10.2 Å². The van der Waals surface area contributed by atoms with Crippen LogP contribution in [0.4, 0.5) is 0 Å². The van der Waals surface area contributed by atoms with Gasteiger partial charge in [-0.15, -0.1) is 0 Å². The van der Waals surface area contributed by atoms with Crippen molar-refractivity contribution in [2.75, 3.05) is 0 Å². The molecule has 4 atom stereocenters. The molecule has 0 unspecified atom stereocenters. The molecule has 2 N–H and O–H groups in total. The van der Waals surface area contributed by atoms with Gasteiger partial charge in [0.25, 0.3) is 0 Å². The number of hydrogen-bond acceptors (Lipinski definition) is 6. The fourth-order valence-corrected chi connectivity index (χ4v) is 2.46. The van der Waals surface area contributed by atoms with E-state index in [0.717, 1.165) is 11.2 Å². The maximum Gasteiger partial charge on any atom is 0.165 e. The van der Waals surface area contributed by atoms with Crippen LogP contribution in [0.1, 0.15) is 25.3 Å². The Morgan fingerprint density at radius 3 is 2.89 bits per heavy atom. The van der Waals surface area contributed by atoms with Gasteiger partial charge >= 0.3 is 0 Å². The van der Waals surface area contributed by atoms with E-state index < -0.39 is 18.3 Å². The average Bonchev–Trinajstić information content (AvgIpc) is 2.93. The van der Waals surface area contributed by atoms with Gasteiger partial charge in [0.2, 0.25) is 0 Å². The molecular weight excluding hydrogens is 248 g/mol. The Hall–Kier alpha value is -1.57. The first-order chi connectivity index (χ1) is 9.08. The second-order valence-corrected chi connectivity index (χ2v) is 4.88. The van der Waals surface area contributed by atoms with E-state index in [-0.39, 0.29) is 6.23 Å². The molecule has 19 heavy (non-hydrogen) atoms. The zero-order valence-electron chi connectivity index (χ0n) is 10.8. The van der Waals surface area contributed by atoms with Crippen molar-refractivity contribution >= 4 is 11.2 Å². The van der Waals surface area contributed by atoms with E-state index >= 15 is 0 Å². The molecule has 1 aliphatic heterocycles. The maximum absolute atomic E-state index is 9.90. The van der Waals surface area contributed by atoms with E-state index in [2.05, 4.69) is 15.0 Å². The molecule has 3 heterocycles. The predicted molar refractivity (Wildman–Crippen MR) is 66.3 cm³/mol. The van der Waals surface area contributed by atoms with Gasteiger partial charge in [0.05, 0.1) is 24.2 Å². The Morgan fingerprint density at radius 2 is 2.21 bits per heavy atom. The van der Waals surface area contributed by atoms with Crippen molar-refractivity contribution < 1.29 is 14.9 Å². The minimum absolute atomic E-state index is 0.367. The van der Waals surface area contributed by atoms with Crippen molar-refractivity contribution in [1.82, 2.24) is 19.5 Å². The molecule has 0 bridgehead atoms. The van der Waals surface area contributed by atoms with Gasteiger partial charge in [0, 0.05) is 6.42 Å². The monoisotopic (exact) mass is 264 g/mol. The SMILES string of the molecule is Cc1ncnc2c1ncn2[C@H]1C[C@H](O)[C@@H]([C@H](C)O)O1. The summed E-state index contributed by atoms with van der Waals surface area (Å²) in [7, 11) is 0. The average molecular weight is 264 g/mol. The number of aliphatic hydroxyl groups is 2. The molecule has 1 fully saturated rings. The molecule has 0 spiro atoms. The lowest BCUT2D eigenvalue weighted by atomic mass is 10.1. The number of aromatic nitrogens is 4. The molecule has 7 heteroatoms. The first kappa shape index (κ1) is 12.5. The van der Waals surface area contributed by atoms with Crippen LogP contribution in [0.5, 0.6) is 0 Å². The van der Waals surface area contributed by atoms with Crippen LogP contribution in [0.2, 0.25) is 0 Å². The van der Waals surface area contributed by atoms with Crippen molar-refractivity contribution in [2.45, 2.75) is 44.8 Å². The van der Waals surface area contributed by atoms with Crippen LogP contribution in [0.3, 0.4) is 0 Å². The van der Waals surface area contributed by atoms with E-state index in [1.165, 1.54) is 6.33 Å². The smallest absolute Gasteiger partial charge is 0.165 e. The second-order valence-electron chi connectivity index (χ2n) is 4.88. The summed E-state index contributed by atoms with van der Waals surface area (Å²) >= 11 is 0. The molecule has 0 amide bonds. The molecule has 2 aromatic rings. The highest BCUT2D eigenvalue weighted by Crippen LogP contribution is 2.32. The molecule has 0 radical (unpaired) electrons.